The van der Waals surface area contributed by atoms with E-state index in [1.54, 1.807) is 0 Å². The number of rotatable bonds is 1. The average Bonchev–Trinajstić information content (AvgIpc) is 2.31. The molecule has 0 spiro atoms. The van der Waals surface area contributed by atoms with Crippen LogP contribution in [0.1, 0.15) is 18.8 Å². The van der Waals surface area contributed by atoms with Crippen molar-refractivity contribution < 1.29 is 13.2 Å². The van der Waals surface area contributed by atoms with Crippen molar-refractivity contribution in [2.24, 2.45) is 0 Å². The van der Waals surface area contributed by atoms with Gasteiger partial charge in [-0.3, -0.25) is 0 Å². The van der Waals surface area contributed by atoms with Gasteiger partial charge in [0.1, 0.15) is 18.2 Å². The van der Waals surface area contributed by atoms with Gasteiger partial charge in [0.25, 0.3) is 0 Å². The second-order valence-corrected chi connectivity index (χ2v) is 2.47. The zero-order valence-electron chi connectivity index (χ0n) is 6.63. The monoisotopic (exact) mass is 179 g/mol. The van der Waals surface area contributed by atoms with Gasteiger partial charge in [-0.1, -0.05) is 0 Å². The molecular weight excluding hydrogens is 171 g/mol. The summed E-state index contributed by atoms with van der Waals surface area (Å²) in [5.41, 5.74) is 0. The maximum absolute atomic E-state index is 12.1. The second kappa shape index (κ2) is 2.76. The van der Waals surface area contributed by atoms with Gasteiger partial charge in [-0.2, -0.15) is 18.3 Å². The summed E-state index contributed by atoms with van der Waals surface area (Å²) >= 11 is 0. The van der Waals surface area contributed by atoms with Crippen LogP contribution in [0.25, 0.3) is 0 Å². The van der Waals surface area contributed by atoms with Crippen LogP contribution in [0.3, 0.4) is 0 Å². The Balaban J connectivity index is 2.92. The van der Waals surface area contributed by atoms with E-state index in [-0.39, 0.29) is 5.82 Å². The first-order valence-corrected chi connectivity index (χ1v) is 3.35. The third-order valence-corrected chi connectivity index (χ3v) is 1.59. The third-order valence-electron chi connectivity index (χ3n) is 1.59. The van der Waals surface area contributed by atoms with Crippen LogP contribution in [0.5, 0.6) is 0 Å². The number of hydrogen-bond acceptors (Lipinski definition) is 2. The molecule has 0 aliphatic carbocycles. The van der Waals surface area contributed by atoms with Crippen LogP contribution in [-0.2, 0) is 0 Å². The smallest absolute Gasteiger partial charge is 0.238 e. The predicted molar refractivity (Wildman–Crippen MR) is 35.5 cm³/mol. The molecule has 1 heterocycles. The van der Waals surface area contributed by atoms with E-state index >= 15 is 0 Å². The van der Waals surface area contributed by atoms with E-state index in [1.165, 1.54) is 6.92 Å². The lowest BCUT2D eigenvalue weighted by Gasteiger charge is -2.16. The zero-order valence-corrected chi connectivity index (χ0v) is 6.63. The molecule has 1 rings (SSSR count). The van der Waals surface area contributed by atoms with Crippen LogP contribution in [-0.4, -0.2) is 20.9 Å². The fourth-order valence-electron chi connectivity index (χ4n) is 0.827. The van der Waals surface area contributed by atoms with E-state index in [2.05, 4.69) is 10.1 Å². The van der Waals surface area contributed by atoms with Gasteiger partial charge in [-0.05, 0) is 13.8 Å². The topological polar surface area (TPSA) is 30.7 Å². The SMILES string of the molecule is Cc1ncnn1C(C)C(F)(F)F. The van der Waals surface area contributed by atoms with Crippen molar-refractivity contribution in [3.63, 3.8) is 0 Å². The number of nitrogens with zero attached hydrogens (tertiary/aromatic N) is 3. The Morgan fingerprint density at radius 1 is 1.50 bits per heavy atom. The van der Waals surface area contributed by atoms with Crippen molar-refractivity contribution in [2.45, 2.75) is 26.1 Å². The highest BCUT2D eigenvalue weighted by molar-refractivity contribution is 4.84. The van der Waals surface area contributed by atoms with Crippen LogP contribution in [0.2, 0.25) is 0 Å². The summed E-state index contributed by atoms with van der Waals surface area (Å²) in [4.78, 5) is 3.60. The summed E-state index contributed by atoms with van der Waals surface area (Å²) in [6, 6.07) is -1.61. The fraction of sp³-hybridized carbons (Fsp3) is 0.667. The van der Waals surface area contributed by atoms with Gasteiger partial charge in [0, 0.05) is 0 Å². The lowest BCUT2D eigenvalue weighted by Crippen LogP contribution is -2.25. The summed E-state index contributed by atoms with van der Waals surface area (Å²) in [6.07, 6.45) is -3.16. The molecular formula is C6H8F3N3. The Morgan fingerprint density at radius 3 is 2.42 bits per heavy atom. The first-order valence-electron chi connectivity index (χ1n) is 3.35. The number of aryl methyl sites for hydroxylation is 1. The van der Waals surface area contributed by atoms with Crippen LogP contribution in [0, 0.1) is 6.92 Å². The first kappa shape index (κ1) is 9.02. The molecule has 0 aliphatic rings. The van der Waals surface area contributed by atoms with Crippen molar-refractivity contribution in [1.82, 2.24) is 14.8 Å². The molecule has 0 saturated heterocycles. The molecule has 0 N–H and O–H groups in total. The van der Waals surface area contributed by atoms with E-state index in [0.29, 0.717) is 0 Å². The van der Waals surface area contributed by atoms with Crippen molar-refractivity contribution >= 4 is 0 Å². The molecule has 0 fully saturated rings. The summed E-state index contributed by atoms with van der Waals surface area (Å²) in [6.45, 7) is 2.52. The highest BCUT2D eigenvalue weighted by Gasteiger charge is 2.38. The van der Waals surface area contributed by atoms with Gasteiger partial charge in [-0.25, -0.2) is 9.67 Å². The zero-order chi connectivity index (χ0) is 9.35. The van der Waals surface area contributed by atoms with E-state index in [0.717, 1.165) is 17.9 Å². The average molecular weight is 179 g/mol. The molecule has 0 saturated carbocycles. The van der Waals surface area contributed by atoms with Crippen LogP contribution in [0.15, 0.2) is 6.33 Å². The molecule has 6 heteroatoms. The van der Waals surface area contributed by atoms with E-state index in [1.807, 2.05) is 0 Å². The van der Waals surface area contributed by atoms with Crippen LogP contribution >= 0.6 is 0 Å². The lowest BCUT2D eigenvalue weighted by molar-refractivity contribution is -0.165. The molecule has 68 valence electrons. The van der Waals surface area contributed by atoms with Gasteiger partial charge < -0.3 is 0 Å². The standard InChI is InChI=1S/C6H8F3N3/c1-4(6(7,8)9)12-5(2)10-3-11-12/h3-4H,1-2H3. The third kappa shape index (κ3) is 1.57. The molecule has 0 aliphatic heterocycles. The molecule has 0 bridgehead atoms. The summed E-state index contributed by atoms with van der Waals surface area (Å²) in [5, 5.41) is 3.47. The molecule has 0 radical (unpaired) electrons. The minimum Gasteiger partial charge on any atom is -0.238 e. The van der Waals surface area contributed by atoms with Crippen molar-refractivity contribution in [1.29, 1.82) is 0 Å². The summed E-state index contributed by atoms with van der Waals surface area (Å²) in [7, 11) is 0. The quantitative estimate of drug-likeness (QED) is 0.657. The van der Waals surface area contributed by atoms with Gasteiger partial charge in [0.15, 0.2) is 0 Å². The number of aromatic nitrogens is 3. The van der Waals surface area contributed by atoms with Crippen molar-refractivity contribution in [3.05, 3.63) is 12.2 Å². The molecule has 3 nitrogen and oxygen atoms in total. The molecule has 12 heavy (non-hydrogen) atoms. The highest BCUT2D eigenvalue weighted by atomic mass is 19.4. The van der Waals surface area contributed by atoms with Gasteiger partial charge in [-0.15, -0.1) is 0 Å². The van der Waals surface area contributed by atoms with Crippen molar-refractivity contribution in [3.8, 4) is 0 Å². The Morgan fingerprint density at radius 2 is 2.08 bits per heavy atom. The predicted octanol–water partition coefficient (Wildman–Crippen LogP) is 1.71. The summed E-state index contributed by atoms with van der Waals surface area (Å²) < 4.78 is 37.2. The maximum atomic E-state index is 12.1. The molecule has 1 atom stereocenters. The van der Waals surface area contributed by atoms with Gasteiger partial charge in [0.05, 0.1) is 0 Å². The molecule has 0 amide bonds. The minimum atomic E-state index is -4.27. The largest absolute Gasteiger partial charge is 0.410 e. The first-order chi connectivity index (χ1) is 5.43. The highest BCUT2D eigenvalue weighted by Crippen LogP contribution is 2.29. The number of alkyl halides is 3. The van der Waals surface area contributed by atoms with Crippen LogP contribution in [0.4, 0.5) is 13.2 Å². The number of hydrogen-bond donors (Lipinski definition) is 0. The maximum Gasteiger partial charge on any atom is 0.410 e. The molecule has 1 aromatic rings. The fourth-order valence-corrected chi connectivity index (χ4v) is 0.827. The minimum absolute atomic E-state index is 0.264. The lowest BCUT2D eigenvalue weighted by atomic mass is 10.3. The summed E-state index contributed by atoms with van der Waals surface area (Å²) in [5.74, 6) is 0.264. The van der Waals surface area contributed by atoms with Crippen LogP contribution < -0.4 is 0 Å². The Kier molecular flexibility index (Phi) is 2.08. The van der Waals surface area contributed by atoms with E-state index < -0.39 is 12.2 Å². The van der Waals surface area contributed by atoms with E-state index in [4.69, 9.17) is 0 Å². The normalized spacial score (nSPS) is 14.8. The Bertz CT molecular complexity index is 265. The Labute approximate surface area is 67.2 Å². The molecule has 0 aromatic carbocycles. The Hall–Kier alpha value is -1.07. The van der Waals surface area contributed by atoms with E-state index in [9.17, 15) is 13.2 Å². The van der Waals surface area contributed by atoms with Crippen molar-refractivity contribution in [2.75, 3.05) is 0 Å². The number of halogens is 3. The van der Waals surface area contributed by atoms with Gasteiger partial charge >= 0.3 is 6.18 Å². The second-order valence-electron chi connectivity index (χ2n) is 2.47. The van der Waals surface area contributed by atoms with Gasteiger partial charge in [0.2, 0.25) is 0 Å². The molecule has 1 unspecified atom stereocenters. The molecule has 1 aromatic heterocycles.